The molecule has 23 heavy (non-hydrogen) atoms. The SMILES string of the molecule is CC12CCC34c5c6ccc(O)c5O[C@H]3C(=O)C=CC4(O)C1(C6)C2. The zero-order valence-electron chi connectivity index (χ0n) is 12.9. The molecular weight excluding hydrogens is 292 g/mol. The largest absolute Gasteiger partial charge is 0.504 e. The summed E-state index contributed by atoms with van der Waals surface area (Å²) in [4.78, 5) is 12.6. The predicted molar refractivity (Wildman–Crippen MR) is 81.4 cm³/mol. The summed E-state index contributed by atoms with van der Waals surface area (Å²) in [7, 11) is 0. The summed E-state index contributed by atoms with van der Waals surface area (Å²) in [5, 5.41) is 22.2. The van der Waals surface area contributed by atoms with E-state index in [0.29, 0.717) is 5.75 Å². The van der Waals surface area contributed by atoms with Crippen LogP contribution in [0.3, 0.4) is 0 Å². The Bertz CT molecular complexity index is 857. The van der Waals surface area contributed by atoms with Crippen molar-refractivity contribution < 1.29 is 19.7 Å². The Morgan fingerprint density at radius 1 is 1.30 bits per heavy atom. The number of carbonyl (C=O) groups excluding carboxylic acids is 1. The Morgan fingerprint density at radius 2 is 2.13 bits per heavy atom. The van der Waals surface area contributed by atoms with Crippen molar-refractivity contribution in [2.24, 2.45) is 10.8 Å². The Kier molecular flexibility index (Phi) is 1.68. The van der Waals surface area contributed by atoms with E-state index in [1.807, 2.05) is 6.07 Å². The van der Waals surface area contributed by atoms with Crippen LogP contribution in [0, 0.1) is 10.8 Å². The van der Waals surface area contributed by atoms with Crippen LogP contribution in [-0.4, -0.2) is 27.7 Å². The van der Waals surface area contributed by atoms with Gasteiger partial charge in [0.25, 0.3) is 0 Å². The van der Waals surface area contributed by atoms with Gasteiger partial charge >= 0.3 is 0 Å². The van der Waals surface area contributed by atoms with E-state index in [1.54, 1.807) is 12.1 Å². The van der Waals surface area contributed by atoms with Gasteiger partial charge in [-0.2, -0.15) is 0 Å². The van der Waals surface area contributed by atoms with Gasteiger partial charge < -0.3 is 14.9 Å². The molecule has 1 aliphatic heterocycles. The highest BCUT2D eigenvalue weighted by molar-refractivity contribution is 5.99. The lowest BCUT2D eigenvalue weighted by Gasteiger charge is -2.59. The van der Waals surface area contributed by atoms with Crippen molar-refractivity contribution >= 4 is 5.78 Å². The second-order valence-corrected chi connectivity index (χ2v) is 8.42. The van der Waals surface area contributed by atoms with Crippen molar-refractivity contribution in [2.45, 2.75) is 49.7 Å². The van der Waals surface area contributed by atoms with Crippen molar-refractivity contribution in [1.82, 2.24) is 0 Å². The van der Waals surface area contributed by atoms with Crippen LogP contribution in [0.4, 0.5) is 0 Å². The first-order valence-electron chi connectivity index (χ1n) is 8.36. The number of rotatable bonds is 0. The predicted octanol–water partition coefficient (Wildman–Crippen LogP) is 2.01. The maximum absolute atomic E-state index is 12.6. The summed E-state index contributed by atoms with van der Waals surface area (Å²) in [6.45, 7) is 2.26. The fourth-order valence-electron chi connectivity index (χ4n) is 6.63. The van der Waals surface area contributed by atoms with E-state index in [2.05, 4.69) is 6.92 Å². The summed E-state index contributed by atoms with van der Waals surface area (Å²) in [5.41, 5.74) is 0.163. The van der Waals surface area contributed by atoms with Crippen molar-refractivity contribution in [3.8, 4) is 11.5 Å². The molecule has 2 N–H and O–H groups in total. The normalized spacial score (nSPS) is 50.2. The van der Waals surface area contributed by atoms with E-state index in [9.17, 15) is 15.0 Å². The summed E-state index contributed by atoms with van der Waals surface area (Å²) in [5.74, 6) is 0.391. The summed E-state index contributed by atoms with van der Waals surface area (Å²) >= 11 is 0. The molecule has 0 aromatic heterocycles. The molecule has 2 bridgehead atoms. The van der Waals surface area contributed by atoms with E-state index in [-0.39, 0.29) is 22.4 Å². The van der Waals surface area contributed by atoms with Gasteiger partial charge in [0.05, 0.1) is 5.41 Å². The molecule has 5 aliphatic rings. The van der Waals surface area contributed by atoms with Gasteiger partial charge in [0.15, 0.2) is 23.4 Å². The third-order valence-electron chi connectivity index (χ3n) is 7.80. The van der Waals surface area contributed by atoms with Crippen LogP contribution in [0.1, 0.15) is 37.3 Å². The molecule has 118 valence electrons. The molecule has 2 spiro atoms. The zero-order valence-corrected chi connectivity index (χ0v) is 12.9. The number of benzene rings is 1. The molecule has 2 fully saturated rings. The minimum absolute atomic E-state index is 0.0720. The second kappa shape index (κ2) is 3.07. The first kappa shape index (κ1) is 12.6. The van der Waals surface area contributed by atoms with E-state index < -0.39 is 17.1 Å². The van der Waals surface area contributed by atoms with Crippen LogP contribution < -0.4 is 4.74 Å². The average Bonchev–Trinajstić information content (AvgIpc) is 2.94. The monoisotopic (exact) mass is 310 g/mol. The lowest BCUT2D eigenvalue weighted by Crippen LogP contribution is -2.70. The highest BCUT2D eigenvalue weighted by Gasteiger charge is 2.85. The molecule has 0 amide bonds. The number of ketones is 1. The van der Waals surface area contributed by atoms with E-state index in [0.717, 1.165) is 36.8 Å². The van der Waals surface area contributed by atoms with Gasteiger partial charge in [-0.15, -0.1) is 0 Å². The number of aliphatic hydroxyl groups is 1. The van der Waals surface area contributed by atoms with Crippen LogP contribution in [0.5, 0.6) is 11.5 Å². The van der Waals surface area contributed by atoms with Gasteiger partial charge in [-0.1, -0.05) is 13.0 Å². The Balaban J connectivity index is 1.79. The molecule has 5 atom stereocenters. The molecule has 4 unspecified atom stereocenters. The van der Waals surface area contributed by atoms with Crippen molar-refractivity contribution in [3.63, 3.8) is 0 Å². The number of phenolic OH excluding ortho intramolecular Hbond substituents is 1. The maximum Gasteiger partial charge on any atom is 0.196 e. The molecule has 4 heteroatoms. The number of aromatic hydroxyl groups is 1. The van der Waals surface area contributed by atoms with Crippen molar-refractivity contribution in [3.05, 3.63) is 35.4 Å². The van der Waals surface area contributed by atoms with Crippen LogP contribution in [0.25, 0.3) is 0 Å². The fourth-order valence-corrected chi connectivity index (χ4v) is 6.63. The third-order valence-corrected chi connectivity index (χ3v) is 7.80. The lowest BCUT2D eigenvalue weighted by molar-refractivity contribution is -0.154. The smallest absolute Gasteiger partial charge is 0.196 e. The van der Waals surface area contributed by atoms with Gasteiger partial charge in [-0.25, -0.2) is 0 Å². The summed E-state index contributed by atoms with van der Waals surface area (Å²) < 4.78 is 5.97. The molecule has 0 radical (unpaired) electrons. The Labute approximate surface area is 133 Å². The van der Waals surface area contributed by atoms with Crippen LogP contribution in [-0.2, 0) is 16.6 Å². The number of ether oxygens (including phenoxy) is 1. The molecule has 1 aromatic carbocycles. The topological polar surface area (TPSA) is 66.8 Å². The van der Waals surface area contributed by atoms with E-state index in [1.165, 1.54) is 6.08 Å². The molecule has 1 aromatic rings. The molecule has 1 heterocycles. The quantitative estimate of drug-likeness (QED) is 0.769. The van der Waals surface area contributed by atoms with Crippen molar-refractivity contribution in [1.29, 1.82) is 0 Å². The van der Waals surface area contributed by atoms with Gasteiger partial charge in [-0.05, 0) is 54.9 Å². The van der Waals surface area contributed by atoms with Gasteiger partial charge in [0.1, 0.15) is 5.60 Å². The van der Waals surface area contributed by atoms with E-state index >= 15 is 0 Å². The summed E-state index contributed by atoms with van der Waals surface area (Å²) in [6.07, 6.45) is 6.04. The van der Waals surface area contributed by atoms with Gasteiger partial charge in [0, 0.05) is 11.0 Å². The highest BCUT2D eigenvalue weighted by atomic mass is 16.5. The fraction of sp³-hybridized carbons (Fsp3) is 0.526. The van der Waals surface area contributed by atoms with Gasteiger partial charge in [-0.3, -0.25) is 4.79 Å². The molecule has 6 rings (SSSR count). The number of phenols is 1. The standard InChI is InChI=1S/C19H18O4/c1-16-6-7-18-13-10-2-3-11(20)14(13)23-15(18)12(21)4-5-19(18,22)17(16,8-10)9-16/h2-5,15,20,22H,6-9H2,1H3/t15-,16?,17?,18?,19?/m0/s1. The van der Waals surface area contributed by atoms with Crippen LogP contribution >= 0.6 is 0 Å². The Morgan fingerprint density at radius 3 is 2.96 bits per heavy atom. The number of carbonyl (C=O) groups is 1. The molecule has 4 nitrogen and oxygen atoms in total. The number of hydrogen-bond acceptors (Lipinski definition) is 4. The number of hydrogen-bond donors (Lipinski definition) is 2. The lowest BCUT2D eigenvalue weighted by atomic mass is 9.45. The third kappa shape index (κ3) is 0.942. The second-order valence-electron chi connectivity index (χ2n) is 8.42. The van der Waals surface area contributed by atoms with E-state index in [4.69, 9.17) is 4.74 Å². The minimum Gasteiger partial charge on any atom is -0.504 e. The Hall–Kier alpha value is -1.81. The molecule has 2 saturated carbocycles. The molecule has 0 saturated heterocycles. The summed E-state index contributed by atoms with van der Waals surface area (Å²) in [6, 6.07) is 3.62. The van der Waals surface area contributed by atoms with Crippen molar-refractivity contribution in [2.75, 3.05) is 0 Å². The van der Waals surface area contributed by atoms with Crippen LogP contribution in [0.15, 0.2) is 24.3 Å². The maximum atomic E-state index is 12.6. The molecular formula is C19H18O4. The van der Waals surface area contributed by atoms with Crippen LogP contribution in [0.2, 0.25) is 0 Å². The zero-order chi connectivity index (χ0) is 15.8. The molecule has 4 aliphatic carbocycles. The highest BCUT2D eigenvalue weighted by Crippen LogP contribution is 2.83. The minimum atomic E-state index is -1.06. The first-order chi connectivity index (χ1) is 10.9. The first-order valence-corrected chi connectivity index (χ1v) is 8.36. The van der Waals surface area contributed by atoms with Gasteiger partial charge in [0.2, 0.25) is 0 Å². The average molecular weight is 310 g/mol.